The third-order valence-corrected chi connectivity index (χ3v) is 4.54. The fourth-order valence-corrected chi connectivity index (χ4v) is 3.38. The highest BCUT2D eigenvalue weighted by atomic mass is 16.5. The maximum atomic E-state index is 12.9. The first-order valence-corrected chi connectivity index (χ1v) is 7.71. The first-order chi connectivity index (χ1) is 11.5. The Labute approximate surface area is 139 Å². The van der Waals surface area contributed by atoms with Crippen molar-refractivity contribution in [1.82, 2.24) is 14.9 Å². The van der Waals surface area contributed by atoms with Crippen LogP contribution < -0.4 is 10.5 Å². The molecule has 122 valence electrons. The van der Waals surface area contributed by atoms with Crippen molar-refractivity contribution in [2.24, 2.45) is 10.7 Å². The fourth-order valence-electron chi connectivity index (χ4n) is 3.38. The summed E-state index contributed by atoms with van der Waals surface area (Å²) in [6, 6.07) is 5.72. The van der Waals surface area contributed by atoms with Crippen LogP contribution in [0.1, 0.15) is 18.9 Å². The highest BCUT2D eigenvalue weighted by molar-refractivity contribution is 6.07. The molecule has 1 amide bonds. The first kappa shape index (κ1) is 14.6. The van der Waals surface area contributed by atoms with Crippen LogP contribution in [0.4, 0.5) is 0 Å². The number of ether oxygens (including phenoxy) is 1. The molecule has 1 aromatic heterocycles. The zero-order valence-corrected chi connectivity index (χ0v) is 13.4. The lowest BCUT2D eigenvalue weighted by atomic mass is 9.81. The molecule has 0 radical (unpaired) electrons. The van der Waals surface area contributed by atoms with E-state index < -0.39 is 5.54 Å². The Morgan fingerprint density at radius 2 is 2.04 bits per heavy atom. The second-order valence-corrected chi connectivity index (χ2v) is 6.17. The maximum Gasteiger partial charge on any atom is 0.261 e. The van der Waals surface area contributed by atoms with E-state index in [2.05, 4.69) is 15.0 Å². The van der Waals surface area contributed by atoms with Crippen LogP contribution in [0.15, 0.2) is 41.9 Å². The van der Waals surface area contributed by atoms with Crippen LogP contribution in [-0.4, -0.2) is 39.9 Å². The van der Waals surface area contributed by atoms with Gasteiger partial charge in [-0.15, -0.1) is 0 Å². The van der Waals surface area contributed by atoms with Crippen LogP contribution in [0.25, 0.3) is 11.1 Å². The smallest absolute Gasteiger partial charge is 0.261 e. The summed E-state index contributed by atoms with van der Waals surface area (Å²) in [6.07, 6.45) is 5.27. The molecule has 0 aliphatic carbocycles. The zero-order chi connectivity index (χ0) is 16.9. The molecule has 0 unspecified atom stereocenters. The standard InChI is InChI=1S/C17H17N5O2/c1-10-6-17(15(23)22(2)16(18)21-17)13-5-11(3-4-14(13)24-10)12-7-19-9-20-8-12/h3-5,7-10H,6H2,1-2H3,(H2,18,21)/t10-,17-/m1/s1. The van der Waals surface area contributed by atoms with Gasteiger partial charge in [0.05, 0.1) is 6.10 Å². The van der Waals surface area contributed by atoms with Crippen LogP contribution in [-0.2, 0) is 10.3 Å². The number of fused-ring (bicyclic) bond motifs is 2. The lowest BCUT2D eigenvalue weighted by molar-refractivity contribution is -0.132. The Hall–Kier alpha value is -2.96. The second kappa shape index (κ2) is 5.02. The molecule has 3 heterocycles. The van der Waals surface area contributed by atoms with Crippen molar-refractivity contribution < 1.29 is 9.53 Å². The molecule has 7 heteroatoms. The van der Waals surface area contributed by atoms with Crippen LogP contribution in [0, 0.1) is 0 Å². The molecule has 0 bridgehead atoms. The van der Waals surface area contributed by atoms with Crippen LogP contribution in [0.3, 0.4) is 0 Å². The maximum absolute atomic E-state index is 12.9. The zero-order valence-electron chi connectivity index (χ0n) is 13.4. The van der Waals surface area contributed by atoms with Gasteiger partial charge in [0.15, 0.2) is 11.5 Å². The Kier molecular flexibility index (Phi) is 3.06. The summed E-state index contributed by atoms with van der Waals surface area (Å²) in [7, 11) is 1.64. The Morgan fingerprint density at radius 3 is 2.71 bits per heavy atom. The molecule has 0 saturated carbocycles. The third kappa shape index (κ3) is 1.97. The SMILES string of the molecule is C[C@@H]1C[C@@]2(N=C(N)N(C)C2=O)c2cc(-c3cncnc3)ccc2O1. The molecule has 4 rings (SSSR count). The summed E-state index contributed by atoms with van der Waals surface area (Å²) < 4.78 is 5.92. The molecular weight excluding hydrogens is 306 g/mol. The Bertz CT molecular complexity index is 851. The minimum atomic E-state index is -1.02. The number of aliphatic imine (C=N–C) groups is 1. The fraction of sp³-hybridized carbons (Fsp3) is 0.294. The summed E-state index contributed by atoms with van der Waals surface area (Å²) in [6.45, 7) is 1.93. The predicted octanol–water partition coefficient (Wildman–Crippen LogP) is 1.30. The number of amides is 1. The van der Waals surface area contributed by atoms with Gasteiger partial charge in [-0.2, -0.15) is 0 Å². The molecule has 0 fully saturated rings. The van der Waals surface area contributed by atoms with Gasteiger partial charge in [-0.25, -0.2) is 15.0 Å². The van der Waals surface area contributed by atoms with Crippen molar-refractivity contribution in [3.8, 4) is 16.9 Å². The number of rotatable bonds is 1. The van der Waals surface area contributed by atoms with Gasteiger partial charge in [-0.1, -0.05) is 6.07 Å². The number of carbonyl (C=O) groups excluding carboxylic acids is 1. The highest BCUT2D eigenvalue weighted by Gasteiger charge is 2.52. The van der Waals surface area contributed by atoms with E-state index in [-0.39, 0.29) is 18.0 Å². The molecule has 7 nitrogen and oxygen atoms in total. The lowest BCUT2D eigenvalue weighted by Gasteiger charge is -2.35. The quantitative estimate of drug-likeness (QED) is 0.853. The number of guanidine groups is 1. The average molecular weight is 323 g/mol. The topological polar surface area (TPSA) is 93.7 Å². The number of hydrogen-bond acceptors (Lipinski definition) is 6. The number of likely N-dealkylation sites (N-methyl/N-ethyl adjacent to an activating group) is 1. The summed E-state index contributed by atoms with van der Waals surface area (Å²) >= 11 is 0. The molecular formula is C17H17N5O2. The van der Waals surface area contributed by atoms with E-state index in [1.54, 1.807) is 19.4 Å². The third-order valence-electron chi connectivity index (χ3n) is 4.54. The van der Waals surface area contributed by atoms with Gasteiger partial charge in [0.1, 0.15) is 12.1 Å². The van der Waals surface area contributed by atoms with E-state index >= 15 is 0 Å². The molecule has 2 aliphatic rings. The largest absolute Gasteiger partial charge is 0.490 e. The normalized spacial score (nSPS) is 25.4. The Morgan fingerprint density at radius 1 is 1.29 bits per heavy atom. The van der Waals surface area contributed by atoms with E-state index in [0.29, 0.717) is 12.2 Å². The second-order valence-electron chi connectivity index (χ2n) is 6.17. The van der Waals surface area contributed by atoms with Crippen molar-refractivity contribution in [3.63, 3.8) is 0 Å². The van der Waals surface area contributed by atoms with Gasteiger partial charge in [-0.3, -0.25) is 9.69 Å². The molecule has 24 heavy (non-hydrogen) atoms. The molecule has 2 atom stereocenters. The average Bonchev–Trinajstić information content (AvgIpc) is 2.80. The van der Waals surface area contributed by atoms with Gasteiger partial charge in [0.25, 0.3) is 5.91 Å². The molecule has 2 aromatic rings. The number of benzene rings is 1. The summed E-state index contributed by atoms with van der Waals surface area (Å²) in [4.78, 5) is 26.9. The minimum absolute atomic E-state index is 0.127. The number of nitrogens with two attached hydrogens (primary N) is 1. The minimum Gasteiger partial charge on any atom is -0.490 e. The van der Waals surface area contributed by atoms with Gasteiger partial charge in [0.2, 0.25) is 0 Å². The van der Waals surface area contributed by atoms with E-state index in [1.807, 2.05) is 25.1 Å². The van der Waals surface area contributed by atoms with Crippen LogP contribution >= 0.6 is 0 Å². The van der Waals surface area contributed by atoms with Crippen molar-refractivity contribution >= 4 is 11.9 Å². The summed E-state index contributed by atoms with van der Waals surface area (Å²) in [5.41, 5.74) is 7.41. The van der Waals surface area contributed by atoms with Crippen LogP contribution in [0.2, 0.25) is 0 Å². The van der Waals surface area contributed by atoms with Crippen molar-refractivity contribution in [2.75, 3.05) is 7.05 Å². The lowest BCUT2D eigenvalue weighted by Crippen LogP contribution is -2.45. The predicted molar refractivity (Wildman–Crippen MR) is 88.2 cm³/mol. The van der Waals surface area contributed by atoms with E-state index in [9.17, 15) is 4.79 Å². The molecule has 1 spiro atoms. The van der Waals surface area contributed by atoms with Crippen molar-refractivity contribution in [2.45, 2.75) is 25.0 Å². The monoisotopic (exact) mass is 323 g/mol. The molecule has 0 saturated heterocycles. The summed E-state index contributed by atoms with van der Waals surface area (Å²) in [5.74, 6) is 0.765. The van der Waals surface area contributed by atoms with Crippen molar-refractivity contribution in [1.29, 1.82) is 0 Å². The van der Waals surface area contributed by atoms with Gasteiger partial charge >= 0.3 is 0 Å². The van der Waals surface area contributed by atoms with Gasteiger partial charge < -0.3 is 10.5 Å². The first-order valence-electron chi connectivity index (χ1n) is 7.71. The number of carbonyl (C=O) groups is 1. The van der Waals surface area contributed by atoms with Gasteiger partial charge in [-0.05, 0) is 24.6 Å². The number of nitrogens with zero attached hydrogens (tertiary/aromatic N) is 4. The van der Waals surface area contributed by atoms with Gasteiger partial charge in [0, 0.05) is 37.0 Å². The number of aromatic nitrogens is 2. The van der Waals surface area contributed by atoms with E-state index in [1.165, 1.54) is 11.2 Å². The molecule has 2 aliphatic heterocycles. The number of hydrogen-bond donors (Lipinski definition) is 1. The van der Waals surface area contributed by atoms with E-state index in [4.69, 9.17) is 10.5 Å². The highest BCUT2D eigenvalue weighted by Crippen LogP contribution is 2.46. The molecule has 2 N–H and O–H groups in total. The van der Waals surface area contributed by atoms with E-state index in [0.717, 1.165) is 16.7 Å². The molecule has 1 aromatic carbocycles. The van der Waals surface area contributed by atoms with Crippen molar-refractivity contribution in [3.05, 3.63) is 42.5 Å². The van der Waals surface area contributed by atoms with Crippen LogP contribution in [0.5, 0.6) is 5.75 Å². The summed E-state index contributed by atoms with van der Waals surface area (Å²) in [5, 5.41) is 0. The Balaban J connectivity index is 1.91.